The second-order valence-corrected chi connectivity index (χ2v) is 11.7. The summed E-state index contributed by atoms with van der Waals surface area (Å²) in [5.74, 6) is -7.81. The Kier molecular flexibility index (Phi) is 10.3. The highest BCUT2D eigenvalue weighted by atomic mass is 16.6. The summed E-state index contributed by atoms with van der Waals surface area (Å²) in [6, 6.07) is 0. The van der Waals surface area contributed by atoms with E-state index >= 15 is 0 Å². The average Bonchev–Trinajstić information content (AvgIpc) is 3.04. The van der Waals surface area contributed by atoms with Crippen LogP contribution in [0.3, 0.4) is 0 Å². The summed E-state index contributed by atoms with van der Waals surface area (Å²) in [7, 11) is 0. The Labute approximate surface area is 245 Å². The minimum Gasteiger partial charge on any atom is -0.458 e. The number of hydrogen-bond acceptors (Lipinski definition) is 12. The number of rotatable bonds is 5. The maximum atomic E-state index is 14.4. The van der Waals surface area contributed by atoms with Gasteiger partial charge in [0.15, 0.2) is 23.1 Å². The monoisotopic (exact) mass is 592 g/mol. The number of allylic oxidation sites excluding steroid dienone is 2. The highest BCUT2D eigenvalue weighted by molar-refractivity contribution is 5.94. The third-order valence-electron chi connectivity index (χ3n) is 7.50. The Morgan fingerprint density at radius 3 is 1.81 bits per heavy atom. The first-order valence-corrected chi connectivity index (χ1v) is 13.5. The van der Waals surface area contributed by atoms with Crippen molar-refractivity contribution in [2.45, 2.75) is 105 Å². The topological polar surface area (TPSA) is 166 Å². The maximum Gasteiger partial charge on any atom is 0.303 e. The number of ketones is 2. The van der Waals surface area contributed by atoms with Crippen molar-refractivity contribution in [3.63, 3.8) is 0 Å². The van der Waals surface area contributed by atoms with Crippen LogP contribution in [0.4, 0.5) is 0 Å². The maximum absolute atomic E-state index is 14.4. The van der Waals surface area contributed by atoms with Gasteiger partial charge in [0.1, 0.15) is 18.0 Å². The zero-order valence-corrected chi connectivity index (χ0v) is 25.6. The number of carbonyl (C=O) groups excluding carboxylic acids is 7. The predicted octanol–water partition coefficient (Wildman–Crippen LogP) is 2.74. The van der Waals surface area contributed by atoms with Crippen molar-refractivity contribution in [1.29, 1.82) is 0 Å². The molecule has 0 radical (unpaired) electrons. The molecule has 42 heavy (non-hydrogen) atoms. The molecule has 0 aromatic heterocycles. The van der Waals surface area contributed by atoms with Crippen LogP contribution in [0.5, 0.6) is 0 Å². The fraction of sp³-hybridized carbons (Fsp3) is 0.633. The van der Waals surface area contributed by atoms with Gasteiger partial charge in [0.25, 0.3) is 0 Å². The number of carbonyl (C=O) groups is 7. The minimum atomic E-state index is -2.21. The molecular formula is C30H40O12. The third-order valence-corrected chi connectivity index (χ3v) is 7.50. The van der Waals surface area contributed by atoms with E-state index in [0.29, 0.717) is 0 Å². The van der Waals surface area contributed by atoms with Gasteiger partial charge in [-0.2, -0.15) is 0 Å². The lowest BCUT2D eigenvalue weighted by atomic mass is 9.73. The van der Waals surface area contributed by atoms with Crippen LogP contribution in [0.1, 0.15) is 75.2 Å². The van der Waals surface area contributed by atoms with Gasteiger partial charge in [0, 0.05) is 64.4 Å². The van der Waals surface area contributed by atoms with Crippen LogP contribution in [0.25, 0.3) is 0 Å². The van der Waals surface area contributed by atoms with E-state index in [1.807, 2.05) is 0 Å². The van der Waals surface area contributed by atoms with Crippen molar-refractivity contribution in [2.24, 2.45) is 17.3 Å². The first-order chi connectivity index (χ1) is 19.2. The lowest BCUT2D eigenvalue weighted by Crippen LogP contribution is -2.57. The quantitative estimate of drug-likeness (QED) is 0.261. The van der Waals surface area contributed by atoms with Crippen molar-refractivity contribution in [3.8, 4) is 0 Å². The van der Waals surface area contributed by atoms with E-state index < -0.39 is 88.8 Å². The van der Waals surface area contributed by atoms with Crippen LogP contribution in [0, 0.1) is 17.3 Å². The molecule has 0 unspecified atom stereocenters. The molecule has 2 aliphatic carbocycles. The molecule has 0 spiro atoms. The summed E-state index contributed by atoms with van der Waals surface area (Å²) in [6.45, 7) is 15.6. The number of esters is 5. The molecule has 1 fully saturated rings. The number of Topliss-reactive ketones (excluding diaryl/α,β-unsaturated/α-hetero) is 2. The van der Waals surface area contributed by atoms with E-state index in [4.69, 9.17) is 23.7 Å². The number of fused-ring (bicyclic) bond motifs is 1. The van der Waals surface area contributed by atoms with Gasteiger partial charge in [0.2, 0.25) is 0 Å². The molecule has 0 N–H and O–H groups in total. The van der Waals surface area contributed by atoms with Gasteiger partial charge >= 0.3 is 29.8 Å². The van der Waals surface area contributed by atoms with Crippen LogP contribution >= 0.6 is 0 Å². The minimum absolute atomic E-state index is 0.139. The molecule has 0 saturated heterocycles. The second-order valence-electron chi connectivity index (χ2n) is 11.7. The largest absolute Gasteiger partial charge is 0.458 e. The third kappa shape index (κ3) is 7.32. The molecule has 0 aromatic carbocycles. The Balaban J connectivity index is 3.09. The molecule has 12 nitrogen and oxygen atoms in total. The number of hydrogen-bond donors (Lipinski definition) is 0. The van der Waals surface area contributed by atoms with Crippen molar-refractivity contribution in [1.82, 2.24) is 0 Å². The van der Waals surface area contributed by atoms with E-state index in [-0.39, 0.29) is 17.8 Å². The summed E-state index contributed by atoms with van der Waals surface area (Å²) < 4.78 is 28.3. The molecule has 0 aliphatic heterocycles. The first kappa shape index (κ1) is 34.4. The summed E-state index contributed by atoms with van der Waals surface area (Å²) in [6.07, 6.45) is -2.41. The normalized spacial score (nSPS) is 33.6. The molecule has 0 bridgehead atoms. The molecule has 2 aliphatic rings. The SMILES string of the molecule is C=C1[C@@H](OC(C)=O)[C@H]2[C@@H](OC(C)=O)[C@@](C)(OC(C)=O)C[C@]2(OC(C)=O)C(=O)[C@@H](C)/C=C/C(C)(C)C(=O)C[C@H]1OC(C)=O. The Hall–Kier alpha value is -3.83. The van der Waals surface area contributed by atoms with Crippen LogP contribution in [-0.2, 0) is 57.2 Å². The van der Waals surface area contributed by atoms with Crippen LogP contribution in [0.15, 0.2) is 24.3 Å². The molecule has 7 atom stereocenters. The van der Waals surface area contributed by atoms with Crippen molar-refractivity contribution in [2.75, 3.05) is 0 Å². The summed E-state index contributed by atoms with van der Waals surface area (Å²) in [4.78, 5) is 89.9. The zero-order valence-electron chi connectivity index (χ0n) is 25.6. The van der Waals surface area contributed by atoms with Gasteiger partial charge in [-0.1, -0.05) is 25.7 Å². The standard InChI is InChI=1S/C30H40O12/c1-15-11-12-28(8,9)23(36)13-22(38-17(3)31)16(2)25(39-18(4)32)24-27(40-19(5)33)29(10,41-20(6)34)14-30(24,26(15)37)42-21(7)35/h11-12,15,22,24-25,27H,2,13-14H2,1,3-10H3/b12-11+/t15-,22+,24-,25+,27+,29-,30+/m0/s1. The van der Waals surface area contributed by atoms with Crippen molar-refractivity contribution in [3.05, 3.63) is 24.3 Å². The fourth-order valence-electron chi connectivity index (χ4n) is 5.80. The smallest absolute Gasteiger partial charge is 0.303 e. The molecule has 1 saturated carbocycles. The van der Waals surface area contributed by atoms with Gasteiger partial charge in [-0.25, -0.2) is 0 Å². The summed E-state index contributed by atoms with van der Waals surface area (Å²) >= 11 is 0. The lowest BCUT2D eigenvalue weighted by molar-refractivity contribution is -0.189. The van der Waals surface area contributed by atoms with E-state index in [1.54, 1.807) is 13.8 Å². The first-order valence-electron chi connectivity index (χ1n) is 13.5. The van der Waals surface area contributed by atoms with Gasteiger partial charge in [-0.3, -0.25) is 33.6 Å². The second kappa shape index (κ2) is 12.6. The van der Waals surface area contributed by atoms with Crippen molar-refractivity contribution >= 4 is 41.4 Å². The lowest BCUT2D eigenvalue weighted by Gasteiger charge is -2.41. The Bertz CT molecular complexity index is 1210. The predicted molar refractivity (Wildman–Crippen MR) is 145 cm³/mol. The molecule has 0 aromatic rings. The fourth-order valence-corrected chi connectivity index (χ4v) is 5.80. The molecule has 232 valence electrons. The molecule has 0 heterocycles. The highest BCUT2D eigenvalue weighted by Crippen LogP contribution is 2.53. The van der Waals surface area contributed by atoms with Crippen LogP contribution < -0.4 is 0 Å². The van der Waals surface area contributed by atoms with Crippen LogP contribution in [0.2, 0.25) is 0 Å². The van der Waals surface area contributed by atoms with Crippen LogP contribution in [-0.4, -0.2) is 70.9 Å². The highest BCUT2D eigenvalue weighted by Gasteiger charge is 2.71. The summed E-state index contributed by atoms with van der Waals surface area (Å²) in [5, 5.41) is 0. The van der Waals surface area contributed by atoms with Gasteiger partial charge in [0.05, 0.1) is 5.92 Å². The molecular weight excluding hydrogens is 552 g/mol. The molecule has 0 amide bonds. The number of ether oxygens (including phenoxy) is 5. The van der Waals surface area contributed by atoms with Gasteiger partial charge in [-0.05, 0) is 20.8 Å². The molecule has 12 heteroatoms. The molecule has 2 rings (SSSR count). The zero-order chi connectivity index (χ0) is 32.4. The van der Waals surface area contributed by atoms with E-state index in [1.165, 1.54) is 26.0 Å². The van der Waals surface area contributed by atoms with Gasteiger partial charge in [-0.15, -0.1) is 0 Å². The average molecular weight is 593 g/mol. The van der Waals surface area contributed by atoms with E-state index in [0.717, 1.165) is 34.6 Å². The van der Waals surface area contributed by atoms with E-state index in [9.17, 15) is 33.6 Å². The van der Waals surface area contributed by atoms with Crippen molar-refractivity contribution < 1.29 is 57.2 Å². The van der Waals surface area contributed by atoms with Gasteiger partial charge < -0.3 is 23.7 Å². The van der Waals surface area contributed by atoms with E-state index in [2.05, 4.69) is 6.58 Å². The Morgan fingerprint density at radius 1 is 0.810 bits per heavy atom. The summed E-state index contributed by atoms with van der Waals surface area (Å²) in [5.41, 5.74) is -5.27. The Morgan fingerprint density at radius 2 is 1.33 bits per heavy atom.